The number of fused-ring (bicyclic) bond motifs is 1. The van der Waals surface area contributed by atoms with Crippen LogP contribution < -0.4 is 10.6 Å². The lowest BCUT2D eigenvalue weighted by atomic mass is 10.1. The normalized spacial score (nSPS) is 14.3. The van der Waals surface area contributed by atoms with Crippen molar-refractivity contribution in [2.75, 3.05) is 0 Å². The molecule has 1 saturated heterocycles. The highest BCUT2D eigenvalue weighted by Crippen LogP contribution is 2.29. The van der Waals surface area contributed by atoms with Gasteiger partial charge in [-0.1, -0.05) is 48.5 Å². The Labute approximate surface area is 161 Å². The molecule has 4 rings (SSSR count). The van der Waals surface area contributed by atoms with Gasteiger partial charge in [0.05, 0.1) is 0 Å². The third-order valence-electron chi connectivity index (χ3n) is 4.70. The highest BCUT2D eigenvalue weighted by molar-refractivity contribution is 7.80. The van der Waals surface area contributed by atoms with Crippen molar-refractivity contribution in [3.63, 3.8) is 0 Å². The number of carbonyl (C=O) groups is 2. The number of thiocarbonyl (C=S) groups is 1. The molecule has 1 aromatic heterocycles. The zero-order valence-electron chi connectivity index (χ0n) is 14.7. The first-order chi connectivity index (χ1) is 13.0. The van der Waals surface area contributed by atoms with Crippen LogP contribution in [0.25, 0.3) is 17.0 Å². The van der Waals surface area contributed by atoms with Crippen LogP contribution in [-0.2, 0) is 16.1 Å². The molecule has 1 fully saturated rings. The number of hydrogen-bond acceptors (Lipinski definition) is 3. The second-order valence-electron chi connectivity index (χ2n) is 6.38. The van der Waals surface area contributed by atoms with Gasteiger partial charge >= 0.3 is 0 Å². The molecule has 6 heteroatoms. The van der Waals surface area contributed by atoms with E-state index in [0.717, 1.165) is 22.2 Å². The molecule has 0 aliphatic carbocycles. The van der Waals surface area contributed by atoms with Crippen LogP contribution in [0.1, 0.15) is 16.8 Å². The van der Waals surface area contributed by atoms with Crippen molar-refractivity contribution < 1.29 is 9.59 Å². The van der Waals surface area contributed by atoms with Crippen LogP contribution in [0.4, 0.5) is 0 Å². The van der Waals surface area contributed by atoms with E-state index in [0.29, 0.717) is 6.54 Å². The van der Waals surface area contributed by atoms with Crippen molar-refractivity contribution >= 4 is 46.1 Å². The van der Waals surface area contributed by atoms with Crippen molar-refractivity contribution in [2.45, 2.75) is 13.5 Å². The highest BCUT2D eigenvalue weighted by Gasteiger charge is 2.26. The van der Waals surface area contributed by atoms with Gasteiger partial charge in [-0.25, -0.2) is 0 Å². The summed E-state index contributed by atoms with van der Waals surface area (Å²) in [6.45, 7) is 2.71. The first-order valence-electron chi connectivity index (χ1n) is 8.54. The van der Waals surface area contributed by atoms with Crippen LogP contribution in [0.15, 0.2) is 60.2 Å². The number of aromatic nitrogens is 1. The van der Waals surface area contributed by atoms with E-state index in [1.54, 1.807) is 6.08 Å². The molecule has 1 aliphatic heterocycles. The predicted octanol–water partition coefficient (Wildman–Crippen LogP) is 2.91. The first kappa shape index (κ1) is 17.2. The number of hydrogen-bond donors (Lipinski definition) is 2. The van der Waals surface area contributed by atoms with Gasteiger partial charge in [-0.15, -0.1) is 0 Å². The average Bonchev–Trinajstić information content (AvgIpc) is 2.91. The van der Waals surface area contributed by atoms with Crippen LogP contribution in [0.5, 0.6) is 0 Å². The average molecular weight is 375 g/mol. The second-order valence-corrected chi connectivity index (χ2v) is 6.79. The Hall–Kier alpha value is -3.25. The Morgan fingerprint density at radius 2 is 1.59 bits per heavy atom. The van der Waals surface area contributed by atoms with E-state index in [2.05, 4.69) is 27.3 Å². The van der Waals surface area contributed by atoms with Crippen molar-refractivity contribution in [1.82, 2.24) is 15.2 Å². The quantitative estimate of drug-likeness (QED) is 0.420. The van der Waals surface area contributed by atoms with Gasteiger partial charge in [-0.3, -0.25) is 20.2 Å². The van der Waals surface area contributed by atoms with E-state index >= 15 is 0 Å². The maximum atomic E-state index is 12.2. The van der Waals surface area contributed by atoms with E-state index in [1.807, 2.05) is 49.4 Å². The van der Waals surface area contributed by atoms with E-state index in [4.69, 9.17) is 12.2 Å². The van der Waals surface area contributed by atoms with E-state index in [-0.39, 0.29) is 10.7 Å². The van der Waals surface area contributed by atoms with Gasteiger partial charge in [0.15, 0.2) is 5.11 Å². The predicted molar refractivity (Wildman–Crippen MR) is 109 cm³/mol. The van der Waals surface area contributed by atoms with Gasteiger partial charge in [0.2, 0.25) is 0 Å². The summed E-state index contributed by atoms with van der Waals surface area (Å²) >= 11 is 4.86. The summed E-state index contributed by atoms with van der Waals surface area (Å²) < 4.78 is 2.19. The van der Waals surface area contributed by atoms with Crippen LogP contribution in [0, 0.1) is 6.92 Å². The molecule has 0 bridgehead atoms. The number of rotatable bonds is 3. The molecule has 0 atom stereocenters. The smallest absolute Gasteiger partial charge is 0.263 e. The van der Waals surface area contributed by atoms with Gasteiger partial charge in [-0.2, -0.15) is 0 Å². The molecule has 0 saturated carbocycles. The number of amides is 2. The molecule has 0 spiro atoms. The number of carbonyl (C=O) groups excluding carboxylic acids is 2. The lowest BCUT2D eigenvalue weighted by molar-refractivity contribution is -0.123. The molecule has 1 aliphatic rings. The molecule has 134 valence electrons. The molecular formula is C21H17N3O2S. The van der Waals surface area contributed by atoms with Crippen LogP contribution in [0.3, 0.4) is 0 Å². The summed E-state index contributed by atoms with van der Waals surface area (Å²) in [6, 6.07) is 18.2. The molecule has 3 aromatic rings. The molecular weight excluding hydrogens is 358 g/mol. The van der Waals surface area contributed by atoms with Crippen LogP contribution in [-0.4, -0.2) is 21.5 Å². The highest BCUT2D eigenvalue weighted by atomic mass is 32.1. The second kappa shape index (κ2) is 6.81. The summed E-state index contributed by atoms with van der Waals surface area (Å²) in [6.07, 6.45) is 1.64. The van der Waals surface area contributed by atoms with Crippen LogP contribution >= 0.6 is 12.2 Å². The monoisotopic (exact) mass is 375 g/mol. The SMILES string of the molecule is Cc1c(C=C2C(=O)NC(=S)NC2=O)c2ccccc2n1Cc1ccccc1. The zero-order valence-corrected chi connectivity index (χ0v) is 15.5. The molecule has 2 heterocycles. The third-order valence-corrected chi connectivity index (χ3v) is 4.90. The summed E-state index contributed by atoms with van der Waals surface area (Å²) in [5.41, 5.74) is 4.13. The Morgan fingerprint density at radius 3 is 2.30 bits per heavy atom. The van der Waals surface area contributed by atoms with E-state index in [1.165, 1.54) is 5.56 Å². The van der Waals surface area contributed by atoms with Gasteiger partial charge in [0.25, 0.3) is 11.8 Å². The molecule has 0 radical (unpaired) electrons. The lowest BCUT2D eigenvalue weighted by Crippen LogP contribution is -2.51. The van der Waals surface area contributed by atoms with Gasteiger partial charge in [0.1, 0.15) is 5.57 Å². The molecule has 0 unspecified atom stereocenters. The summed E-state index contributed by atoms with van der Waals surface area (Å²) in [4.78, 5) is 24.5. The fourth-order valence-electron chi connectivity index (χ4n) is 3.36. The third kappa shape index (κ3) is 3.15. The van der Waals surface area contributed by atoms with E-state index < -0.39 is 11.8 Å². The summed E-state index contributed by atoms with van der Waals surface area (Å²) in [5, 5.41) is 5.98. The summed E-state index contributed by atoms with van der Waals surface area (Å²) in [7, 11) is 0. The Balaban J connectivity index is 1.86. The van der Waals surface area contributed by atoms with Gasteiger partial charge < -0.3 is 4.57 Å². The Kier molecular flexibility index (Phi) is 4.33. The topological polar surface area (TPSA) is 63.1 Å². The molecule has 2 N–H and O–H groups in total. The number of benzene rings is 2. The van der Waals surface area contributed by atoms with E-state index in [9.17, 15) is 9.59 Å². The first-order valence-corrected chi connectivity index (χ1v) is 8.95. The Morgan fingerprint density at radius 1 is 0.963 bits per heavy atom. The fourth-order valence-corrected chi connectivity index (χ4v) is 3.55. The minimum atomic E-state index is -0.483. The number of para-hydroxylation sites is 1. The summed E-state index contributed by atoms with van der Waals surface area (Å²) in [5.74, 6) is -0.967. The molecule has 27 heavy (non-hydrogen) atoms. The number of nitrogens with zero attached hydrogens (tertiary/aromatic N) is 1. The van der Waals surface area contributed by atoms with Crippen molar-refractivity contribution in [2.24, 2.45) is 0 Å². The molecule has 2 aromatic carbocycles. The molecule has 2 amide bonds. The minimum Gasteiger partial charge on any atom is -0.340 e. The van der Waals surface area contributed by atoms with Gasteiger partial charge in [0, 0.05) is 28.7 Å². The lowest BCUT2D eigenvalue weighted by Gasteiger charge is -2.16. The van der Waals surface area contributed by atoms with Crippen molar-refractivity contribution in [3.05, 3.63) is 77.0 Å². The number of nitrogens with one attached hydrogen (secondary N) is 2. The van der Waals surface area contributed by atoms with Crippen molar-refractivity contribution in [1.29, 1.82) is 0 Å². The zero-order chi connectivity index (χ0) is 19.0. The maximum Gasteiger partial charge on any atom is 0.263 e. The molecule has 5 nitrogen and oxygen atoms in total. The fraction of sp³-hybridized carbons (Fsp3) is 0.0952. The minimum absolute atomic E-state index is 0.0328. The van der Waals surface area contributed by atoms with Crippen LogP contribution in [0.2, 0.25) is 0 Å². The maximum absolute atomic E-state index is 12.2. The van der Waals surface area contributed by atoms with Crippen molar-refractivity contribution in [3.8, 4) is 0 Å². The van der Waals surface area contributed by atoms with Gasteiger partial charge in [-0.05, 0) is 36.8 Å². The standard InChI is InChI=1S/C21H17N3O2S/c1-13-16(11-17-19(25)22-21(27)23-20(17)26)15-9-5-6-10-18(15)24(13)12-14-7-3-2-4-8-14/h2-11H,12H2,1H3,(H2,22,23,25,26,27). The largest absolute Gasteiger partial charge is 0.340 e. The Bertz CT molecular complexity index is 1090.